The van der Waals surface area contributed by atoms with Gasteiger partial charge >= 0.3 is 0 Å². The molecule has 0 aliphatic carbocycles. The van der Waals surface area contributed by atoms with Gasteiger partial charge in [-0.05, 0) is 35.4 Å². The van der Waals surface area contributed by atoms with E-state index in [1.54, 1.807) is 23.6 Å². The Hall–Kier alpha value is -3.07. The second-order valence-corrected chi connectivity index (χ2v) is 8.18. The monoisotopic (exact) mass is 419 g/mol. The number of fused-ring (bicyclic) bond motifs is 1. The van der Waals surface area contributed by atoms with Crippen LogP contribution in [0.1, 0.15) is 5.56 Å². The predicted octanol–water partition coefficient (Wildman–Crippen LogP) is 3.33. The molecule has 0 amide bonds. The topological polar surface area (TPSA) is 97.4 Å². The van der Waals surface area contributed by atoms with E-state index in [0.717, 1.165) is 50.7 Å². The second kappa shape index (κ2) is 7.98. The van der Waals surface area contributed by atoms with Crippen molar-refractivity contribution in [2.75, 3.05) is 36.9 Å². The summed E-state index contributed by atoms with van der Waals surface area (Å²) in [7, 11) is 0. The number of benzene rings is 1. The SMILES string of the molecule is Nc1ccc(-c2nc(N3CCOCC3)c3sc(-c4cccc(CO)c4)cc3n2)cn1. The molecule has 0 spiro atoms. The van der Waals surface area contributed by atoms with Gasteiger partial charge in [-0.2, -0.15) is 0 Å². The molecule has 152 valence electrons. The molecule has 0 radical (unpaired) electrons. The number of aromatic nitrogens is 3. The quantitative estimate of drug-likeness (QED) is 0.524. The first-order valence-electron chi connectivity index (χ1n) is 9.77. The Morgan fingerprint density at radius 1 is 1.07 bits per heavy atom. The van der Waals surface area contributed by atoms with Crippen molar-refractivity contribution < 1.29 is 9.84 Å². The zero-order chi connectivity index (χ0) is 20.5. The van der Waals surface area contributed by atoms with Crippen molar-refractivity contribution in [1.29, 1.82) is 0 Å². The summed E-state index contributed by atoms with van der Waals surface area (Å²) in [5.41, 5.74) is 9.42. The van der Waals surface area contributed by atoms with E-state index >= 15 is 0 Å². The fourth-order valence-electron chi connectivity index (χ4n) is 3.54. The molecule has 0 bridgehead atoms. The summed E-state index contributed by atoms with van der Waals surface area (Å²) >= 11 is 1.67. The Bertz CT molecular complexity index is 1190. The Kier molecular flexibility index (Phi) is 5.04. The normalized spacial score (nSPS) is 14.4. The van der Waals surface area contributed by atoms with Crippen LogP contribution in [0.2, 0.25) is 0 Å². The first-order valence-corrected chi connectivity index (χ1v) is 10.6. The van der Waals surface area contributed by atoms with Gasteiger partial charge in [0.25, 0.3) is 0 Å². The van der Waals surface area contributed by atoms with Crippen LogP contribution in [0.3, 0.4) is 0 Å². The predicted molar refractivity (Wildman–Crippen MR) is 119 cm³/mol. The third kappa shape index (κ3) is 3.60. The van der Waals surface area contributed by atoms with Crippen LogP contribution in [-0.2, 0) is 11.3 Å². The number of anilines is 2. The van der Waals surface area contributed by atoms with Crippen LogP contribution in [0.15, 0.2) is 48.7 Å². The molecule has 4 heterocycles. The number of ether oxygens (including phenoxy) is 1. The molecule has 4 aromatic rings. The Balaban J connectivity index is 1.67. The van der Waals surface area contributed by atoms with Crippen LogP contribution in [0.5, 0.6) is 0 Å². The van der Waals surface area contributed by atoms with Crippen LogP contribution in [0, 0.1) is 0 Å². The first kappa shape index (κ1) is 18.9. The number of hydrogen-bond donors (Lipinski definition) is 2. The molecule has 0 saturated carbocycles. The van der Waals surface area contributed by atoms with Crippen molar-refractivity contribution in [1.82, 2.24) is 15.0 Å². The lowest BCUT2D eigenvalue weighted by Crippen LogP contribution is -2.36. The van der Waals surface area contributed by atoms with Crippen molar-refractivity contribution in [3.63, 3.8) is 0 Å². The molecule has 1 aliphatic rings. The molecule has 7 nitrogen and oxygen atoms in total. The number of aliphatic hydroxyl groups excluding tert-OH is 1. The lowest BCUT2D eigenvalue weighted by Gasteiger charge is -2.28. The molecular weight excluding hydrogens is 398 g/mol. The van der Waals surface area contributed by atoms with Gasteiger partial charge in [0.05, 0.1) is 30.0 Å². The molecule has 1 aromatic carbocycles. The van der Waals surface area contributed by atoms with Gasteiger partial charge in [0, 0.05) is 29.7 Å². The summed E-state index contributed by atoms with van der Waals surface area (Å²) in [5.74, 6) is 2.02. The van der Waals surface area contributed by atoms with Gasteiger partial charge in [0.15, 0.2) is 11.6 Å². The summed E-state index contributed by atoms with van der Waals surface area (Å²) < 4.78 is 6.58. The highest BCUT2D eigenvalue weighted by Gasteiger charge is 2.20. The van der Waals surface area contributed by atoms with E-state index < -0.39 is 0 Å². The highest BCUT2D eigenvalue weighted by Crippen LogP contribution is 2.39. The van der Waals surface area contributed by atoms with Crippen LogP contribution < -0.4 is 10.6 Å². The zero-order valence-electron chi connectivity index (χ0n) is 16.3. The number of thiophene rings is 1. The van der Waals surface area contributed by atoms with Crippen molar-refractivity contribution >= 4 is 33.2 Å². The number of rotatable bonds is 4. The van der Waals surface area contributed by atoms with Gasteiger partial charge in [0.1, 0.15) is 5.82 Å². The van der Waals surface area contributed by atoms with E-state index in [-0.39, 0.29) is 6.61 Å². The average Bonchev–Trinajstić information content (AvgIpc) is 3.24. The average molecular weight is 420 g/mol. The van der Waals surface area contributed by atoms with E-state index in [1.165, 1.54) is 0 Å². The fraction of sp³-hybridized carbons (Fsp3) is 0.227. The molecular formula is C22H21N5O2S. The summed E-state index contributed by atoms with van der Waals surface area (Å²) in [6, 6.07) is 13.7. The molecule has 8 heteroatoms. The molecule has 5 rings (SSSR count). The van der Waals surface area contributed by atoms with Crippen molar-refractivity contribution in [2.24, 2.45) is 0 Å². The minimum absolute atomic E-state index is 0.0197. The van der Waals surface area contributed by atoms with Gasteiger partial charge in [-0.25, -0.2) is 15.0 Å². The van der Waals surface area contributed by atoms with E-state index in [4.69, 9.17) is 20.4 Å². The van der Waals surface area contributed by atoms with Crippen LogP contribution in [0.4, 0.5) is 11.6 Å². The number of morpholine rings is 1. The van der Waals surface area contributed by atoms with Crippen molar-refractivity contribution in [3.8, 4) is 21.8 Å². The molecule has 30 heavy (non-hydrogen) atoms. The minimum Gasteiger partial charge on any atom is -0.392 e. The molecule has 0 atom stereocenters. The summed E-state index contributed by atoms with van der Waals surface area (Å²) in [5, 5.41) is 9.49. The number of nitrogens with two attached hydrogens (primary N) is 1. The maximum Gasteiger partial charge on any atom is 0.163 e. The molecule has 1 saturated heterocycles. The zero-order valence-corrected chi connectivity index (χ0v) is 17.1. The maximum atomic E-state index is 9.49. The van der Waals surface area contributed by atoms with E-state index in [9.17, 15) is 5.11 Å². The van der Waals surface area contributed by atoms with Crippen molar-refractivity contribution in [3.05, 3.63) is 54.2 Å². The number of pyridine rings is 1. The smallest absolute Gasteiger partial charge is 0.163 e. The lowest BCUT2D eigenvalue weighted by molar-refractivity contribution is 0.122. The third-order valence-electron chi connectivity index (χ3n) is 5.10. The highest BCUT2D eigenvalue weighted by molar-refractivity contribution is 7.22. The molecule has 3 N–H and O–H groups in total. The number of hydrogen-bond acceptors (Lipinski definition) is 8. The van der Waals surface area contributed by atoms with E-state index in [1.807, 2.05) is 24.3 Å². The number of nitrogens with zero attached hydrogens (tertiary/aromatic N) is 4. The van der Waals surface area contributed by atoms with Crippen LogP contribution >= 0.6 is 11.3 Å². The number of nitrogen functional groups attached to an aromatic ring is 1. The first-order chi connectivity index (χ1) is 14.7. The van der Waals surface area contributed by atoms with E-state index in [2.05, 4.69) is 22.0 Å². The van der Waals surface area contributed by atoms with Gasteiger partial charge in [-0.1, -0.05) is 18.2 Å². The minimum atomic E-state index is 0.0197. The second-order valence-electron chi connectivity index (χ2n) is 7.13. The maximum absolute atomic E-state index is 9.49. The standard InChI is InChI=1S/C22H21N5O2S/c23-19-5-4-16(12-24-19)21-25-17-11-18(15-3-1-2-14(10-15)13-28)30-20(17)22(26-21)27-6-8-29-9-7-27/h1-5,10-12,28H,6-9,13H2,(H2,23,24). The molecule has 1 fully saturated rings. The van der Waals surface area contributed by atoms with Gasteiger partial charge in [-0.3, -0.25) is 0 Å². The molecule has 0 unspecified atom stereocenters. The Labute approximate surface area is 177 Å². The highest BCUT2D eigenvalue weighted by atomic mass is 32.1. The summed E-state index contributed by atoms with van der Waals surface area (Å²) in [4.78, 5) is 17.3. The van der Waals surface area contributed by atoms with Gasteiger partial charge < -0.3 is 20.5 Å². The largest absolute Gasteiger partial charge is 0.392 e. The van der Waals surface area contributed by atoms with Gasteiger partial charge in [-0.15, -0.1) is 11.3 Å². The van der Waals surface area contributed by atoms with Crippen LogP contribution in [-0.4, -0.2) is 46.4 Å². The third-order valence-corrected chi connectivity index (χ3v) is 6.27. The number of aliphatic hydroxyl groups is 1. The Morgan fingerprint density at radius 3 is 2.70 bits per heavy atom. The molecule has 1 aliphatic heterocycles. The van der Waals surface area contributed by atoms with Gasteiger partial charge in [0.2, 0.25) is 0 Å². The molecule has 3 aromatic heterocycles. The summed E-state index contributed by atoms with van der Waals surface area (Å²) in [6.45, 7) is 2.96. The van der Waals surface area contributed by atoms with E-state index in [0.29, 0.717) is 24.9 Å². The lowest BCUT2D eigenvalue weighted by atomic mass is 10.1. The Morgan fingerprint density at radius 2 is 1.93 bits per heavy atom. The summed E-state index contributed by atoms with van der Waals surface area (Å²) in [6.07, 6.45) is 1.71. The fourth-order valence-corrected chi connectivity index (χ4v) is 4.65. The van der Waals surface area contributed by atoms with Crippen LogP contribution in [0.25, 0.3) is 32.0 Å². The van der Waals surface area contributed by atoms with Crippen molar-refractivity contribution in [2.45, 2.75) is 6.61 Å².